The second-order valence-corrected chi connectivity index (χ2v) is 8.75. The number of amides is 2. The van der Waals surface area contributed by atoms with Gasteiger partial charge in [-0.05, 0) is 30.5 Å². The number of halogens is 1. The zero-order valence-corrected chi connectivity index (χ0v) is 18.6. The minimum absolute atomic E-state index is 0.0625. The lowest BCUT2D eigenvalue weighted by Gasteiger charge is -2.36. The molecule has 0 aromatic heterocycles. The topological polar surface area (TPSA) is 82.1 Å². The van der Waals surface area contributed by atoms with Crippen molar-refractivity contribution in [2.45, 2.75) is 44.1 Å². The van der Waals surface area contributed by atoms with Crippen LogP contribution in [0.4, 0.5) is 10.5 Å². The number of nitrogens with one attached hydrogen (secondary N) is 1. The van der Waals surface area contributed by atoms with Gasteiger partial charge < -0.3 is 20.1 Å². The summed E-state index contributed by atoms with van der Waals surface area (Å²) in [7, 11) is 0. The normalized spacial score (nSPS) is 23.1. The molecular weight excluding hydrogens is 430 g/mol. The number of ether oxygens (including phenoxy) is 1. The van der Waals surface area contributed by atoms with E-state index in [1.165, 1.54) is 4.90 Å². The van der Waals surface area contributed by atoms with Gasteiger partial charge in [0, 0.05) is 25.6 Å². The number of carbonyl (C=O) groups is 2. The molecule has 8 heteroatoms. The molecular formula is C24H28ClN3O4. The van der Waals surface area contributed by atoms with E-state index in [0.717, 1.165) is 30.6 Å². The number of hydrogen-bond donors (Lipinski definition) is 2. The Morgan fingerprint density at radius 1 is 1.09 bits per heavy atom. The van der Waals surface area contributed by atoms with E-state index in [0.29, 0.717) is 11.6 Å². The Bertz CT molecular complexity index is 942. The number of rotatable bonds is 5. The van der Waals surface area contributed by atoms with Gasteiger partial charge >= 0.3 is 6.09 Å². The van der Waals surface area contributed by atoms with Crippen molar-refractivity contribution in [2.24, 2.45) is 0 Å². The second-order valence-electron chi connectivity index (χ2n) is 8.34. The van der Waals surface area contributed by atoms with Crippen molar-refractivity contribution in [3.05, 3.63) is 65.2 Å². The van der Waals surface area contributed by atoms with Crippen LogP contribution in [0.1, 0.15) is 24.8 Å². The fraction of sp³-hybridized carbons (Fsp3) is 0.417. The van der Waals surface area contributed by atoms with Crippen molar-refractivity contribution in [3.63, 3.8) is 0 Å². The Balaban J connectivity index is 1.35. The maximum atomic E-state index is 13.0. The number of aliphatic hydroxyl groups is 1. The molecule has 2 aromatic rings. The summed E-state index contributed by atoms with van der Waals surface area (Å²) in [4.78, 5) is 29.2. The van der Waals surface area contributed by atoms with E-state index in [1.807, 2.05) is 54.6 Å². The number of nitrogens with zero attached hydrogens (tertiary/aromatic N) is 2. The second kappa shape index (κ2) is 10.2. The SMILES string of the molecule is O=C(NC1CCCN(c2ccccc2Cl)C1)[C@@H]1C[C@@H](O)CN1C(=O)OCc1ccccc1. The summed E-state index contributed by atoms with van der Waals surface area (Å²) in [6.45, 7) is 1.72. The average molecular weight is 458 g/mol. The van der Waals surface area contributed by atoms with Crippen molar-refractivity contribution >= 4 is 29.3 Å². The van der Waals surface area contributed by atoms with Gasteiger partial charge in [-0.1, -0.05) is 54.1 Å². The molecule has 7 nitrogen and oxygen atoms in total. The van der Waals surface area contributed by atoms with Gasteiger partial charge in [-0.25, -0.2) is 4.79 Å². The van der Waals surface area contributed by atoms with Crippen molar-refractivity contribution in [1.29, 1.82) is 0 Å². The van der Waals surface area contributed by atoms with Crippen LogP contribution in [0.2, 0.25) is 5.02 Å². The Morgan fingerprint density at radius 2 is 1.84 bits per heavy atom. The molecule has 2 heterocycles. The van der Waals surface area contributed by atoms with Crippen LogP contribution in [0.5, 0.6) is 0 Å². The third-order valence-corrected chi connectivity index (χ3v) is 6.30. The fourth-order valence-corrected chi connectivity index (χ4v) is 4.64. The molecule has 1 unspecified atom stereocenters. The zero-order chi connectivity index (χ0) is 22.5. The minimum Gasteiger partial charge on any atom is -0.445 e. The van der Waals surface area contributed by atoms with E-state index in [9.17, 15) is 14.7 Å². The number of piperidine rings is 1. The maximum absolute atomic E-state index is 13.0. The highest BCUT2D eigenvalue weighted by Crippen LogP contribution is 2.28. The smallest absolute Gasteiger partial charge is 0.410 e. The molecule has 2 aliphatic heterocycles. The summed E-state index contributed by atoms with van der Waals surface area (Å²) in [5.74, 6) is -0.260. The largest absolute Gasteiger partial charge is 0.445 e. The number of benzene rings is 2. The number of hydrogen-bond acceptors (Lipinski definition) is 5. The monoisotopic (exact) mass is 457 g/mol. The summed E-state index contributed by atoms with van der Waals surface area (Å²) >= 11 is 6.34. The molecule has 3 atom stereocenters. The van der Waals surface area contributed by atoms with Crippen LogP contribution in [-0.2, 0) is 16.1 Å². The number of anilines is 1. The Kier molecular flexibility index (Phi) is 7.17. The standard InChI is InChI=1S/C24H28ClN3O4/c25-20-10-4-5-11-21(20)27-12-6-9-18(14-27)26-23(30)22-13-19(29)15-28(22)24(31)32-16-17-7-2-1-3-8-17/h1-5,7-8,10-11,18-19,22,29H,6,9,12-16H2,(H,26,30)/t18?,19-,22+/m1/s1. The first-order valence-electron chi connectivity index (χ1n) is 11.0. The summed E-state index contributed by atoms with van der Waals surface area (Å²) in [6, 6.07) is 16.2. The van der Waals surface area contributed by atoms with Crippen molar-refractivity contribution in [1.82, 2.24) is 10.2 Å². The number of para-hydroxylation sites is 1. The lowest BCUT2D eigenvalue weighted by atomic mass is 10.0. The summed E-state index contributed by atoms with van der Waals surface area (Å²) < 4.78 is 5.39. The predicted octanol–water partition coefficient (Wildman–Crippen LogP) is 3.20. The molecule has 2 amide bonds. The summed E-state index contributed by atoms with van der Waals surface area (Å²) in [6.07, 6.45) is 0.632. The zero-order valence-electron chi connectivity index (χ0n) is 17.8. The van der Waals surface area contributed by atoms with Gasteiger partial charge in [-0.2, -0.15) is 0 Å². The van der Waals surface area contributed by atoms with Crippen molar-refractivity contribution in [3.8, 4) is 0 Å². The maximum Gasteiger partial charge on any atom is 0.410 e. The lowest BCUT2D eigenvalue weighted by molar-refractivity contribution is -0.126. The van der Waals surface area contributed by atoms with Crippen LogP contribution < -0.4 is 10.2 Å². The first-order chi connectivity index (χ1) is 15.5. The van der Waals surface area contributed by atoms with Crippen LogP contribution in [0, 0.1) is 0 Å². The molecule has 2 aromatic carbocycles. The first kappa shape index (κ1) is 22.4. The third kappa shape index (κ3) is 5.34. The van der Waals surface area contributed by atoms with E-state index >= 15 is 0 Å². The number of carbonyl (C=O) groups excluding carboxylic acids is 2. The highest BCUT2D eigenvalue weighted by molar-refractivity contribution is 6.33. The van der Waals surface area contributed by atoms with Gasteiger partial charge in [0.1, 0.15) is 12.6 Å². The van der Waals surface area contributed by atoms with E-state index < -0.39 is 18.2 Å². The molecule has 0 spiro atoms. The molecule has 170 valence electrons. The van der Waals surface area contributed by atoms with E-state index in [1.54, 1.807) is 0 Å². The van der Waals surface area contributed by atoms with Crippen LogP contribution in [-0.4, -0.2) is 59.8 Å². The number of likely N-dealkylation sites (tertiary alicyclic amines) is 1. The van der Waals surface area contributed by atoms with Crippen LogP contribution in [0.15, 0.2) is 54.6 Å². The first-order valence-corrected chi connectivity index (χ1v) is 11.3. The van der Waals surface area contributed by atoms with Crippen LogP contribution >= 0.6 is 11.6 Å². The quantitative estimate of drug-likeness (QED) is 0.720. The summed E-state index contributed by atoms with van der Waals surface area (Å²) in [5, 5.41) is 13.9. The molecule has 32 heavy (non-hydrogen) atoms. The van der Waals surface area contributed by atoms with Crippen LogP contribution in [0.3, 0.4) is 0 Å². The van der Waals surface area contributed by atoms with Crippen molar-refractivity contribution < 1.29 is 19.4 Å². The average Bonchev–Trinajstić information content (AvgIpc) is 3.21. The molecule has 0 saturated carbocycles. The van der Waals surface area contributed by atoms with Gasteiger partial charge in [-0.3, -0.25) is 9.69 Å². The predicted molar refractivity (Wildman–Crippen MR) is 123 cm³/mol. The molecule has 2 saturated heterocycles. The third-order valence-electron chi connectivity index (χ3n) is 5.98. The number of aliphatic hydroxyl groups excluding tert-OH is 1. The highest BCUT2D eigenvalue weighted by atomic mass is 35.5. The highest BCUT2D eigenvalue weighted by Gasteiger charge is 2.40. The Hall–Kier alpha value is -2.77. The molecule has 2 fully saturated rings. The van der Waals surface area contributed by atoms with Gasteiger partial charge in [0.15, 0.2) is 0 Å². The molecule has 0 bridgehead atoms. The Labute approximate surface area is 192 Å². The van der Waals surface area contributed by atoms with E-state index in [4.69, 9.17) is 16.3 Å². The molecule has 2 N–H and O–H groups in total. The van der Waals surface area contributed by atoms with Gasteiger partial charge in [0.2, 0.25) is 5.91 Å². The van der Waals surface area contributed by atoms with Crippen molar-refractivity contribution in [2.75, 3.05) is 24.5 Å². The van der Waals surface area contributed by atoms with E-state index in [-0.39, 0.29) is 31.5 Å². The van der Waals surface area contributed by atoms with Gasteiger partial charge in [0.05, 0.1) is 23.4 Å². The molecule has 4 rings (SSSR count). The van der Waals surface area contributed by atoms with E-state index in [2.05, 4.69) is 10.2 Å². The summed E-state index contributed by atoms with van der Waals surface area (Å²) in [5.41, 5.74) is 1.82. The minimum atomic E-state index is -0.749. The lowest BCUT2D eigenvalue weighted by Crippen LogP contribution is -2.53. The number of β-amino-alcohol motifs (C(OH)–C–C–N with tert-alkyl or cyclic N) is 1. The Morgan fingerprint density at radius 3 is 2.62 bits per heavy atom. The molecule has 0 radical (unpaired) electrons. The van der Waals surface area contributed by atoms with Gasteiger partial charge in [-0.15, -0.1) is 0 Å². The fourth-order valence-electron chi connectivity index (χ4n) is 4.39. The molecule has 0 aliphatic carbocycles. The molecule has 2 aliphatic rings. The van der Waals surface area contributed by atoms with Gasteiger partial charge in [0.25, 0.3) is 0 Å². The van der Waals surface area contributed by atoms with Crippen LogP contribution in [0.25, 0.3) is 0 Å².